The quantitative estimate of drug-likeness (QED) is 0.656. The van der Waals surface area contributed by atoms with Gasteiger partial charge in [0.05, 0.1) is 16.7 Å². The molecule has 6 heteroatoms. The summed E-state index contributed by atoms with van der Waals surface area (Å²) in [7, 11) is 0. The molecule has 1 fully saturated rings. The number of carbonyl (C=O) groups is 1. The number of hydrogen-bond donors (Lipinski definition) is 2. The van der Waals surface area contributed by atoms with Gasteiger partial charge in [0.2, 0.25) is 0 Å². The number of hydrazine groups is 1. The highest BCUT2D eigenvalue weighted by Crippen LogP contribution is 2.39. The van der Waals surface area contributed by atoms with E-state index in [4.69, 9.17) is 21.1 Å². The number of carbonyl (C=O) groups excluding carboxylic acids is 1. The van der Waals surface area contributed by atoms with Crippen LogP contribution in [0.3, 0.4) is 0 Å². The van der Waals surface area contributed by atoms with E-state index in [2.05, 4.69) is 10.5 Å². The van der Waals surface area contributed by atoms with Crippen LogP contribution in [0, 0.1) is 0 Å². The Morgan fingerprint density at radius 1 is 1.18 bits per heavy atom. The zero-order chi connectivity index (χ0) is 16.4. The minimum absolute atomic E-state index is 0.325. The monoisotopic (exact) mass is 323 g/mol. The largest absolute Gasteiger partial charge is 0.455 e. The third-order valence-electron chi connectivity index (χ3n) is 3.77. The van der Waals surface area contributed by atoms with Crippen LogP contribution in [0.2, 0.25) is 5.02 Å². The Balaban J connectivity index is 1.96. The summed E-state index contributed by atoms with van der Waals surface area (Å²) in [5.41, 5.74) is 2.07. The molecule has 118 valence electrons. The molecule has 0 bridgehead atoms. The molecular weight excluding hydrogens is 304 g/mol. The second kappa shape index (κ2) is 6.01. The Kier molecular flexibility index (Phi) is 4.47. The number of benzene rings is 1. The highest BCUT2D eigenvalue weighted by Gasteiger charge is 2.48. The number of hydrazone groups is 1. The van der Waals surface area contributed by atoms with Gasteiger partial charge in [0.15, 0.2) is 6.21 Å². The van der Waals surface area contributed by atoms with Crippen molar-refractivity contribution in [3.8, 4) is 0 Å². The first-order valence-corrected chi connectivity index (χ1v) is 7.33. The van der Waals surface area contributed by atoms with Crippen LogP contribution in [-0.4, -0.2) is 23.3 Å². The lowest BCUT2D eigenvalue weighted by Crippen LogP contribution is -2.81. The van der Waals surface area contributed by atoms with Gasteiger partial charge in [-0.15, -0.1) is 10.5 Å². The Morgan fingerprint density at radius 3 is 2.36 bits per heavy atom. The molecule has 1 aromatic carbocycles. The maximum atomic E-state index is 11.9. The van der Waals surface area contributed by atoms with Gasteiger partial charge in [-0.1, -0.05) is 23.7 Å². The summed E-state index contributed by atoms with van der Waals surface area (Å²) in [6, 6.07) is 6.82. The second-order valence-electron chi connectivity index (χ2n) is 5.96. The van der Waals surface area contributed by atoms with E-state index >= 15 is 0 Å². The van der Waals surface area contributed by atoms with Crippen LogP contribution < -0.4 is 10.5 Å². The van der Waals surface area contributed by atoms with Gasteiger partial charge in [-0.2, -0.15) is 0 Å². The lowest BCUT2D eigenvalue weighted by atomic mass is 9.90. The van der Waals surface area contributed by atoms with Crippen LogP contribution >= 0.6 is 11.6 Å². The van der Waals surface area contributed by atoms with E-state index in [0.29, 0.717) is 16.5 Å². The van der Waals surface area contributed by atoms with Crippen molar-refractivity contribution in [1.82, 2.24) is 5.43 Å². The molecule has 22 heavy (non-hydrogen) atoms. The summed E-state index contributed by atoms with van der Waals surface area (Å²) >= 11 is 5.95. The summed E-state index contributed by atoms with van der Waals surface area (Å²) in [5, 5.41) is 3.07. The van der Waals surface area contributed by atoms with Crippen molar-refractivity contribution in [1.29, 1.82) is 0 Å². The SMILES string of the molecule is CC1(C)OC(=CC=[NH+]NC(=O)c2ccccc2Cl)OC1(C)C. The first kappa shape index (κ1) is 16.4. The maximum Gasteiger partial charge on any atom is 0.306 e. The van der Waals surface area contributed by atoms with Crippen LogP contribution in [0.4, 0.5) is 0 Å². The van der Waals surface area contributed by atoms with E-state index in [1.54, 1.807) is 30.3 Å². The van der Waals surface area contributed by atoms with Crippen molar-refractivity contribution in [2.24, 2.45) is 0 Å². The van der Waals surface area contributed by atoms with Crippen molar-refractivity contribution in [3.63, 3.8) is 0 Å². The van der Waals surface area contributed by atoms with Gasteiger partial charge in [0.25, 0.3) is 5.95 Å². The molecule has 0 unspecified atom stereocenters. The Hall–Kier alpha value is -2.01. The number of nitrogens with one attached hydrogen (secondary N) is 2. The number of rotatable bonds is 3. The van der Waals surface area contributed by atoms with Gasteiger partial charge in [-0.05, 0) is 39.8 Å². The van der Waals surface area contributed by atoms with Crippen molar-refractivity contribution in [2.45, 2.75) is 38.9 Å². The number of ether oxygens (including phenoxy) is 2. The number of hydrogen-bond acceptors (Lipinski definition) is 3. The molecule has 1 amide bonds. The first-order valence-electron chi connectivity index (χ1n) is 6.95. The number of halogens is 1. The lowest BCUT2D eigenvalue weighted by molar-refractivity contribution is -0.502. The fourth-order valence-electron chi connectivity index (χ4n) is 1.77. The van der Waals surface area contributed by atoms with Crippen LogP contribution in [0.25, 0.3) is 0 Å². The van der Waals surface area contributed by atoms with Gasteiger partial charge in [0.1, 0.15) is 11.2 Å². The lowest BCUT2D eigenvalue weighted by Gasteiger charge is -2.28. The van der Waals surface area contributed by atoms with Crippen LogP contribution in [0.5, 0.6) is 0 Å². The molecule has 1 saturated heterocycles. The minimum atomic E-state index is -0.423. The van der Waals surface area contributed by atoms with E-state index in [0.717, 1.165) is 0 Å². The van der Waals surface area contributed by atoms with Crippen molar-refractivity contribution < 1.29 is 19.4 Å². The topological polar surface area (TPSA) is 61.5 Å². The predicted octanol–water partition coefficient (Wildman–Crippen LogP) is 1.58. The average molecular weight is 324 g/mol. The Morgan fingerprint density at radius 2 is 1.77 bits per heavy atom. The van der Waals surface area contributed by atoms with Gasteiger partial charge < -0.3 is 9.47 Å². The fraction of sp³-hybridized carbons (Fsp3) is 0.375. The first-order chi connectivity index (χ1) is 10.2. The third kappa shape index (κ3) is 3.42. The molecule has 1 heterocycles. The average Bonchev–Trinajstić information content (AvgIpc) is 2.63. The van der Waals surface area contributed by atoms with E-state index in [9.17, 15) is 4.79 Å². The minimum Gasteiger partial charge on any atom is -0.455 e. The molecule has 2 N–H and O–H groups in total. The number of amides is 1. The van der Waals surface area contributed by atoms with Crippen LogP contribution in [-0.2, 0) is 9.47 Å². The summed E-state index contributed by atoms with van der Waals surface area (Å²) in [6.45, 7) is 7.84. The highest BCUT2D eigenvalue weighted by atomic mass is 35.5. The molecule has 0 aliphatic carbocycles. The van der Waals surface area contributed by atoms with E-state index < -0.39 is 11.2 Å². The molecule has 1 aliphatic heterocycles. The van der Waals surface area contributed by atoms with Crippen molar-refractivity contribution in [3.05, 3.63) is 46.9 Å². The zero-order valence-electron chi connectivity index (χ0n) is 13.1. The van der Waals surface area contributed by atoms with Gasteiger partial charge >= 0.3 is 5.91 Å². The summed E-state index contributed by atoms with van der Waals surface area (Å²) in [5.74, 6) is 0.0728. The van der Waals surface area contributed by atoms with Crippen molar-refractivity contribution in [2.75, 3.05) is 0 Å². The molecular formula is C16H20ClN2O3+. The van der Waals surface area contributed by atoms with Gasteiger partial charge in [0, 0.05) is 0 Å². The molecule has 0 atom stereocenters. The van der Waals surface area contributed by atoms with Gasteiger partial charge in [-0.3, -0.25) is 4.79 Å². The number of allylic oxidation sites excluding steroid dienone is 1. The second-order valence-corrected chi connectivity index (χ2v) is 6.36. The normalized spacial score (nSPS) is 18.7. The van der Waals surface area contributed by atoms with Crippen LogP contribution in [0.1, 0.15) is 38.1 Å². The van der Waals surface area contributed by atoms with E-state index in [1.165, 1.54) is 6.21 Å². The highest BCUT2D eigenvalue weighted by molar-refractivity contribution is 6.33. The molecule has 1 aromatic rings. The third-order valence-corrected chi connectivity index (χ3v) is 4.10. The maximum absolute atomic E-state index is 11.9. The van der Waals surface area contributed by atoms with E-state index in [-0.39, 0.29) is 5.91 Å². The Labute approximate surface area is 134 Å². The summed E-state index contributed by atoms with van der Waals surface area (Å²) in [4.78, 5) is 11.9. The summed E-state index contributed by atoms with van der Waals surface area (Å²) in [6.07, 6.45) is 3.14. The van der Waals surface area contributed by atoms with Crippen LogP contribution in [0.15, 0.2) is 36.3 Å². The fourth-order valence-corrected chi connectivity index (χ4v) is 1.99. The summed E-state index contributed by atoms with van der Waals surface area (Å²) < 4.78 is 11.4. The molecule has 0 saturated carbocycles. The standard InChI is InChI=1S/C16H19ClN2O3/c1-15(2)16(3,4)22-13(21-15)9-10-18-19-14(20)11-7-5-6-8-12(11)17/h5-10H,1-4H3,(H,19,20)/p+1. The molecule has 1 aliphatic rings. The smallest absolute Gasteiger partial charge is 0.306 e. The molecule has 5 nitrogen and oxygen atoms in total. The molecule has 0 aromatic heterocycles. The predicted molar refractivity (Wildman–Crippen MR) is 84.4 cm³/mol. The molecule has 0 spiro atoms. The molecule has 0 radical (unpaired) electrons. The molecule has 2 rings (SSSR count). The zero-order valence-corrected chi connectivity index (χ0v) is 13.8. The van der Waals surface area contributed by atoms with Gasteiger partial charge in [-0.25, -0.2) is 0 Å². The Bertz CT molecular complexity index is 618. The van der Waals surface area contributed by atoms with E-state index in [1.807, 2.05) is 27.7 Å². The van der Waals surface area contributed by atoms with Crippen molar-refractivity contribution >= 4 is 23.7 Å².